The van der Waals surface area contributed by atoms with E-state index in [4.69, 9.17) is 4.74 Å². The lowest BCUT2D eigenvalue weighted by atomic mass is 9.73. The van der Waals surface area contributed by atoms with Crippen LogP contribution in [0.1, 0.15) is 37.8 Å². The molecule has 0 saturated carbocycles. The Kier molecular flexibility index (Phi) is 4.47. The highest BCUT2D eigenvalue weighted by Gasteiger charge is 2.39. The summed E-state index contributed by atoms with van der Waals surface area (Å²) in [7, 11) is 0. The first-order chi connectivity index (χ1) is 10.6. The summed E-state index contributed by atoms with van der Waals surface area (Å²) in [6, 6.07) is 6.53. The number of fused-ring (bicyclic) bond motifs is 1. The summed E-state index contributed by atoms with van der Waals surface area (Å²) in [4.78, 5) is 2.59. The highest BCUT2D eigenvalue weighted by molar-refractivity contribution is 5.85. The van der Waals surface area contributed by atoms with E-state index in [1.807, 2.05) is 0 Å². The molecule has 3 nitrogen and oxygen atoms in total. The van der Waals surface area contributed by atoms with Crippen LogP contribution in [0.3, 0.4) is 0 Å². The van der Waals surface area contributed by atoms with Gasteiger partial charge in [-0.2, -0.15) is 0 Å². The summed E-state index contributed by atoms with van der Waals surface area (Å²) in [5.41, 5.74) is 2.96. The maximum atomic E-state index is 6.24. The summed E-state index contributed by atoms with van der Waals surface area (Å²) in [6.45, 7) is 10.1. The zero-order valence-electron chi connectivity index (χ0n) is 14.1. The highest BCUT2D eigenvalue weighted by Crippen LogP contribution is 2.38. The van der Waals surface area contributed by atoms with Gasteiger partial charge in [0.05, 0.1) is 0 Å². The second kappa shape index (κ2) is 6.12. The molecule has 4 rings (SSSR count). The number of hydrogen-bond donors (Lipinski definition) is 1. The molecule has 4 heteroatoms. The van der Waals surface area contributed by atoms with Crippen molar-refractivity contribution in [1.29, 1.82) is 0 Å². The van der Waals surface area contributed by atoms with Gasteiger partial charge in [-0.1, -0.05) is 24.3 Å². The normalized spacial score (nSPS) is 24.3. The summed E-state index contributed by atoms with van der Waals surface area (Å²) >= 11 is 0. The number of rotatable bonds is 2. The van der Waals surface area contributed by atoms with Crippen molar-refractivity contribution in [3.8, 4) is 5.75 Å². The zero-order chi connectivity index (χ0) is 15.2. The molecule has 0 aromatic heterocycles. The number of ether oxygens (including phenoxy) is 1. The Morgan fingerprint density at radius 1 is 1.17 bits per heavy atom. The molecule has 0 aliphatic carbocycles. The van der Waals surface area contributed by atoms with E-state index in [0.717, 1.165) is 12.3 Å². The van der Waals surface area contributed by atoms with Crippen LogP contribution >= 0.6 is 12.4 Å². The fraction of sp³-hybridized carbons (Fsp3) is 0.579. The quantitative estimate of drug-likeness (QED) is 0.896. The molecule has 0 radical (unpaired) electrons. The van der Waals surface area contributed by atoms with Crippen LogP contribution in [0.15, 0.2) is 24.3 Å². The molecule has 1 aromatic carbocycles. The van der Waals surface area contributed by atoms with E-state index in [1.165, 1.54) is 50.1 Å². The molecule has 3 aliphatic heterocycles. The Bertz CT molecular complexity index is 597. The van der Waals surface area contributed by atoms with E-state index in [-0.39, 0.29) is 18.0 Å². The fourth-order valence-electron chi connectivity index (χ4n) is 3.83. The largest absolute Gasteiger partial charge is 0.483 e. The van der Waals surface area contributed by atoms with Gasteiger partial charge < -0.3 is 10.1 Å². The van der Waals surface area contributed by atoms with E-state index in [9.17, 15) is 0 Å². The molecule has 2 fully saturated rings. The lowest BCUT2D eigenvalue weighted by Gasteiger charge is -2.48. The van der Waals surface area contributed by atoms with Crippen LogP contribution in [0.2, 0.25) is 0 Å². The van der Waals surface area contributed by atoms with Gasteiger partial charge >= 0.3 is 0 Å². The number of nitrogens with one attached hydrogen (secondary N) is 1. The minimum atomic E-state index is -0.202. The standard InChI is InChI=1S/C19H26N2O.ClH/c1-18(2)7-6-15-4-3-5-16(17(15)22-18)12-21-10-8-19(9-11-21)13-20-14-19;/h3-7,20H,8-14H2,1-2H3;1H. The smallest absolute Gasteiger partial charge is 0.132 e. The number of halogens is 1. The average Bonchev–Trinajstić information content (AvgIpc) is 2.46. The van der Waals surface area contributed by atoms with Crippen molar-refractivity contribution in [2.24, 2.45) is 5.41 Å². The van der Waals surface area contributed by atoms with Crippen LogP contribution in [0.4, 0.5) is 0 Å². The molecule has 0 bridgehead atoms. The first-order valence-electron chi connectivity index (χ1n) is 8.49. The summed E-state index contributed by atoms with van der Waals surface area (Å²) < 4.78 is 6.24. The lowest BCUT2D eigenvalue weighted by molar-refractivity contribution is 0.0510. The molecular weight excluding hydrogens is 308 g/mol. The first-order valence-corrected chi connectivity index (χ1v) is 8.49. The Labute approximate surface area is 145 Å². The van der Waals surface area contributed by atoms with Crippen molar-refractivity contribution < 1.29 is 4.74 Å². The molecular formula is C19H27ClN2O. The highest BCUT2D eigenvalue weighted by atomic mass is 35.5. The Hall–Kier alpha value is -1.03. The maximum absolute atomic E-state index is 6.24. The predicted molar refractivity (Wildman–Crippen MR) is 97.2 cm³/mol. The van der Waals surface area contributed by atoms with Crippen molar-refractivity contribution in [2.45, 2.75) is 38.8 Å². The molecule has 1 N–H and O–H groups in total. The van der Waals surface area contributed by atoms with Gasteiger partial charge in [0.2, 0.25) is 0 Å². The predicted octanol–water partition coefficient (Wildman–Crippen LogP) is 3.48. The van der Waals surface area contributed by atoms with Crippen molar-refractivity contribution in [1.82, 2.24) is 10.2 Å². The topological polar surface area (TPSA) is 24.5 Å². The van der Waals surface area contributed by atoms with E-state index in [2.05, 4.69) is 54.4 Å². The van der Waals surface area contributed by atoms with Crippen LogP contribution in [0.5, 0.6) is 5.75 Å². The van der Waals surface area contributed by atoms with Crippen molar-refractivity contribution >= 4 is 18.5 Å². The number of benzene rings is 1. The van der Waals surface area contributed by atoms with E-state index >= 15 is 0 Å². The summed E-state index contributed by atoms with van der Waals surface area (Å²) in [5.74, 6) is 1.08. The second-order valence-corrected chi connectivity index (χ2v) is 7.75. The van der Waals surface area contributed by atoms with E-state index in [0.29, 0.717) is 5.41 Å². The van der Waals surface area contributed by atoms with E-state index < -0.39 is 0 Å². The van der Waals surface area contributed by atoms with Crippen LogP contribution in [-0.2, 0) is 6.54 Å². The van der Waals surface area contributed by atoms with Gasteiger partial charge in [-0.3, -0.25) is 4.90 Å². The molecule has 0 unspecified atom stereocenters. The molecule has 2 saturated heterocycles. The van der Waals surface area contributed by atoms with Gasteiger partial charge in [0.15, 0.2) is 0 Å². The molecule has 23 heavy (non-hydrogen) atoms. The zero-order valence-corrected chi connectivity index (χ0v) is 14.9. The average molecular weight is 335 g/mol. The first kappa shape index (κ1) is 16.8. The van der Waals surface area contributed by atoms with Gasteiger partial charge in [-0.05, 0) is 51.3 Å². The third-order valence-electron chi connectivity index (χ3n) is 5.47. The van der Waals surface area contributed by atoms with Crippen molar-refractivity contribution in [2.75, 3.05) is 26.2 Å². The van der Waals surface area contributed by atoms with Crippen molar-refractivity contribution in [3.05, 3.63) is 35.4 Å². The van der Waals surface area contributed by atoms with Gasteiger partial charge in [-0.25, -0.2) is 0 Å². The summed E-state index contributed by atoms with van der Waals surface area (Å²) in [5, 5.41) is 3.44. The number of nitrogens with zero attached hydrogens (tertiary/aromatic N) is 1. The molecule has 0 amide bonds. The minimum absolute atomic E-state index is 0. The van der Waals surface area contributed by atoms with Gasteiger partial charge in [0.1, 0.15) is 11.4 Å². The van der Waals surface area contributed by atoms with Crippen molar-refractivity contribution in [3.63, 3.8) is 0 Å². The number of hydrogen-bond acceptors (Lipinski definition) is 3. The SMILES string of the molecule is CC1(C)C=Cc2cccc(CN3CCC4(CC3)CNC4)c2O1.Cl. The number of piperidine rings is 1. The van der Waals surface area contributed by atoms with Crippen LogP contribution < -0.4 is 10.1 Å². The number of para-hydroxylation sites is 1. The third-order valence-corrected chi connectivity index (χ3v) is 5.47. The monoisotopic (exact) mass is 334 g/mol. The molecule has 1 aromatic rings. The van der Waals surface area contributed by atoms with Gasteiger partial charge in [-0.15, -0.1) is 12.4 Å². The Morgan fingerprint density at radius 2 is 1.91 bits per heavy atom. The van der Waals surface area contributed by atoms with Crippen LogP contribution in [0, 0.1) is 5.41 Å². The van der Waals surface area contributed by atoms with Crippen LogP contribution in [0.25, 0.3) is 6.08 Å². The molecule has 1 spiro atoms. The Balaban J connectivity index is 0.00000156. The lowest BCUT2D eigenvalue weighted by Crippen LogP contribution is -2.58. The van der Waals surface area contributed by atoms with Crippen LogP contribution in [-0.4, -0.2) is 36.7 Å². The third kappa shape index (κ3) is 3.28. The molecule has 3 heterocycles. The Morgan fingerprint density at radius 3 is 2.57 bits per heavy atom. The summed E-state index contributed by atoms with van der Waals surface area (Å²) in [6.07, 6.45) is 7.02. The fourth-order valence-corrected chi connectivity index (χ4v) is 3.83. The molecule has 3 aliphatic rings. The maximum Gasteiger partial charge on any atom is 0.132 e. The van der Waals surface area contributed by atoms with Gasteiger partial charge in [0.25, 0.3) is 0 Å². The minimum Gasteiger partial charge on any atom is -0.483 e. The molecule has 0 atom stereocenters. The van der Waals surface area contributed by atoms with E-state index in [1.54, 1.807) is 0 Å². The number of likely N-dealkylation sites (tertiary alicyclic amines) is 1. The second-order valence-electron chi connectivity index (χ2n) is 7.75. The van der Waals surface area contributed by atoms with Gasteiger partial charge in [0, 0.05) is 30.8 Å². The molecule has 126 valence electrons.